The minimum atomic E-state index is 0.0532. The molecule has 1 aliphatic rings. The van der Waals surface area contributed by atoms with E-state index in [-0.39, 0.29) is 11.5 Å². The van der Waals surface area contributed by atoms with Gasteiger partial charge in [-0.05, 0) is 36.5 Å². The third kappa shape index (κ3) is 2.50. The zero-order valence-electron chi connectivity index (χ0n) is 10.5. The van der Waals surface area contributed by atoms with Gasteiger partial charge in [0.05, 0.1) is 7.11 Å². The zero-order chi connectivity index (χ0) is 12.5. The molecule has 0 amide bonds. The van der Waals surface area contributed by atoms with Gasteiger partial charge in [-0.15, -0.1) is 0 Å². The standard InChI is InChI=1S/C14H20BrNO/c1-14(7-3-4-8-14)13(16)11-9-10(15)5-6-12(11)17-2/h5-6,9,13H,3-4,7-8,16H2,1-2H3. The van der Waals surface area contributed by atoms with Gasteiger partial charge >= 0.3 is 0 Å². The molecular weight excluding hydrogens is 278 g/mol. The number of halogens is 1. The van der Waals surface area contributed by atoms with Crippen molar-refractivity contribution in [3.63, 3.8) is 0 Å². The first-order valence-electron chi connectivity index (χ1n) is 6.16. The van der Waals surface area contributed by atoms with Crippen LogP contribution in [0.3, 0.4) is 0 Å². The van der Waals surface area contributed by atoms with Crippen LogP contribution in [-0.4, -0.2) is 7.11 Å². The molecule has 2 nitrogen and oxygen atoms in total. The predicted octanol–water partition coefficient (Wildman–Crippen LogP) is 4.04. The Kier molecular flexibility index (Phi) is 3.79. The first-order chi connectivity index (χ1) is 8.07. The van der Waals surface area contributed by atoms with E-state index in [4.69, 9.17) is 10.5 Å². The number of benzene rings is 1. The van der Waals surface area contributed by atoms with E-state index in [0.29, 0.717) is 0 Å². The lowest BCUT2D eigenvalue weighted by molar-refractivity contribution is 0.259. The second kappa shape index (κ2) is 4.99. The third-order valence-corrected chi connectivity index (χ3v) is 4.52. The highest BCUT2D eigenvalue weighted by atomic mass is 79.9. The lowest BCUT2D eigenvalue weighted by Crippen LogP contribution is -2.29. The first-order valence-corrected chi connectivity index (χ1v) is 6.95. The Hall–Kier alpha value is -0.540. The van der Waals surface area contributed by atoms with E-state index in [0.717, 1.165) is 15.8 Å². The maximum Gasteiger partial charge on any atom is 0.123 e. The van der Waals surface area contributed by atoms with Crippen LogP contribution in [0.4, 0.5) is 0 Å². The minimum Gasteiger partial charge on any atom is -0.496 e. The smallest absolute Gasteiger partial charge is 0.123 e. The molecule has 0 aromatic heterocycles. The Morgan fingerprint density at radius 3 is 2.59 bits per heavy atom. The molecule has 3 heteroatoms. The summed E-state index contributed by atoms with van der Waals surface area (Å²) < 4.78 is 6.49. The molecule has 0 heterocycles. The molecule has 1 atom stereocenters. The Labute approximate surface area is 112 Å². The lowest BCUT2D eigenvalue weighted by Gasteiger charge is -2.32. The zero-order valence-corrected chi connectivity index (χ0v) is 12.1. The topological polar surface area (TPSA) is 35.2 Å². The fourth-order valence-electron chi connectivity index (χ4n) is 2.82. The van der Waals surface area contributed by atoms with Crippen LogP contribution >= 0.6 is 15.9 Å². The Bertz CT molecular complexity index is 399. The molecule has 1 aromatic carbocycles. The molecule has 17 heavy (non-hydrogen) atoms. The summed E-state index contributed by atoms with van der Waals surface area (Å²) >= 11 is 3.51. The van der Waals surface area contributed by atoms with Gasteiger partial charge in [0.15, 0.2) is 0 Å². The molecule has 0 bridgehead atoms. The third-order valence-electron chi connectivity index (χ3n) is 4.02. The first kappa shape index (κ1) is 12.9. The molecule has 1 saturated carbocycles. The van der Waals surface area contributed by atoms with Crippen molar-refractivity contribution in [1.82, 2.24) is 0 Å². The van der Waals surface area contributed by atoms with Crippen LogP contribution in [0.5, 0.6) is 5.75 Å². The molecule has 94 valence electrons. The lowest BCUT2D eigenvalue weighted by atomic mass is 9.77. The summed E-state index contributed by atoms with van der Waals surface area (Å²) in [4.78, 5) is 0. The number of hydrogen-bond acceptors (Lipinski definition) is 2. The van der Waals surface area contributed by atoms with Crippen molar-refractivity contribution >= 4 is 15.9 Å². The van der Waals surface area contributed by atoms with Gasteiger partial charge in [-0.25, -0.2) is 0 Å². The molecule has 2 N–H and O–H groups in total. The van der Waals surface area contributed by atoms with Gasteiger partial charge < -0.3 is 10.5 Å². The van der Waals surface area contributed by atoms with Crippen LogP contribution in [0, 0.1) is 5.41 Å². The van der Waals surface area contributed by atoms with Gasteiger partial charge in [0.1, 0.15) is 5.75 Å². The van der Waals surface area contributed by atoms with E-state index in [2.05, 4.69) is 28.9 Å². The molecule has 1 fully saturated rings. The molecule has 0 spiro atoms. The monoisotopic (exact) mass is 297 g/mol. The maximum absolute atomic E-state index is 6.48. The highest BCUT2D eigenvalue weighted by molar-refractivity contribution is 9.10. The van der Waals surface area contributed by atoms with Crippen molar-refractivity contribution in [2.45, 2.75) is 38.6 Å². The molecule has 1 unspecified atom stereocenters. The summed E-state index contributed by atoms with van der Waals surface area (Å²) in [6.07, 6.45) is 5.01. The molecule has 0 saturated heterocycles. The summed E-state index contributed by atoms with van der Waals surface area (Å²) in [5.74, 6) is 0.897. The van der Waals surface area contributed by atoms with Gasteiger partial charge in [0.2, 0.25) is 0 Å². The summed E-state index contributed by atoms with van der Waals surface area (Å²) in [6, 6.07) is 6.12. The Morgan fingerprint density at radius 2 is 2.00 bits per heavy atom. The van der Waals surface area contributed by atoms with Gasteiger partial charge in [0, 0.05) is 16.1 Å². The van der Waals surface area contributed by atoms with Crippen LogP contribution in [0.15, 0.2) is 22.7 Å². The number of rotatable bonds is 3. The highest BCUT2D eigenvalue weighted by Gasteiger charge is 2.36. The van der Waals surface area contributed by atoms with Gasteiger partial charge in [-0.1, -0.05) is 35.7 Å². The average molecular weight is 298 g/mol. The highest BCUT2D eigenvalue weighted by Crippen LogP contribution is 2.47. The van der Waals surface area contributed by atoms with E-state index in [1.165, 1.54) is 25.7 Å². The average Bonchev–Trinajstić information content (AvgIpc) is 2.76. The van der Waals surface area contributed by atoms with Crippen LogP contribution in [0.1, 0.15) is 44.2 Å². The molecule has 1 aromatic rings. The summed E-state index contributed by atoms with van der Waals surface area (Å²) in [5.41, 5.74) is 7.81. The van der Waals surface area contributed by atoms with Crippen molar-refractivity contribution in [2.24, 2.45) is 11.1 Å². The van der Waals surface area contributed by atoms with Crippen LogP contribution < -0.4 is 10.5 Å². The molecule has 0 radical (unpaired) electrons. The molecule has 1 aliphatic carbocycles. The maximum atomic E-state index is 6.48. The quantitative estimate of drug-likeness (QED) is 0.914. The van der Waals surface area contributed by atoms with Crippen LogP contribution in [-0.2, 0) is 0 Å². The predicted molar refractivity (Wildman–Crippen MR) is 74.2 cm³/mol. The number of nitrogens with two attached hydrogens (primary N) is 1. The van der Waals surface area contributed by atoms with Crippen molar-refractivity contribution in [2.75, 3.05) is 7.11 Å². The van der Waals surface area contributed by atoms with Gasteiger partial charge in [-0.3, -0.25) is 0 Å². The van der Waals surface area contributed by atoms with E-state index < -0.39 is 0 Å². The fraction of sp³-hybridized carbons (Fsp3) is 0.571. The summed E-state index contributed by atoms with van der Waals surface area (Å²) in [5, 5.41) is 0. The van der Waals surface area contributed by atoms with Crippen molar-refractivity contribution in [3.8, 4) is 5.75 Å². The fourth-order valence-corrected chi connectivity index (χ4v) is 3.20. The largest absolute Gasteiger partial charge is 0.496 e. The minimum absolute atomic E-state index is 0.0532. The van der Waals surface area contributed by atoms with E-state index in [1.807, 2.05) is 12.1 Å². The second-order valence-corrected chi connectivity index (χ2v) is 6.14. The Morgan fingerprint density at radius 1 is 1.35 bits per heavy atom. The van der Waals surface area contributed by atoms with Crippen molar-refractivity contribution in [1.29, 1.82) is 0 Å². The molecule has 2 rings (SSSR count). The summed E-state index contributed by atoms with van der Waals surface area (Å²) in [7, 11) is 1.70. The van der Waals surface area contributed by atoms with E-state index in [1.54, 1.807) is 7.11 Å². The number of methoxy groups -OCH3 is 1. The van der Waals surface area contributed by atoms with Gasteiger partial charge in [-0.2, -0.15) is 0 Å². The van der Waals surface area contributed by atoms with Gasteiger partial charge in [0.25, 0.3) is 0 Å². The van der Waals surface area contributed by atoms with E-state index in [9.17, 15) is 0 Å². The number of hydrogen-bond donors (Lipinski definition) is 1. The number of ether oxygens (including phenoxy) is 1. The van der Waals surface area contributed by atoms with Crippen molar-refractivity contribution in [3.05, 3.63) is 28.2 Å². The van der Waals surface area contributed by atoms with Crippen molar-refractivity contribution < 1.29 is 4.74 Å². The molecule has 0 aliphatic heterocycles. The second-order valence-electron chi connectivity index (χ2n) is 5.23. The normalized spacial score (nSPS) is 20.2. The summed E-state index contributed by atoms with van der Waals surface area (Å²) in [6.45, 7) is 2.30. The van der Waals surface area contributed by atoms with Crippen LogP contribution in [0.25, 0.3) is 0 Å². The SMILES string of the molecule is COc1ccc(Br)cc1C(N)C1(C)CCCC1. The molecular formula is C14H20BrNO. The Balaban J connectivity index is 2.35. The van der Waals surface area contributed by atoms with E-state index >= 15 is 0 Å². The van der Waals surface area contributed by atoms with Crippen LogP contribution in [0.2, 0.25) is 0 Å².